The minimum absolute atomic E-state index is 0.271. The molecule has 0 bridgehead atoms. The van der Waals surface area contributed by atoms with Gasteiger partial charge in [-0.3, -0.25) is 9.17 Å². The fourth-order valence-corrected chi connectivity index (χ4v) is 2.42. The van der Waals surface area contributed by atoms with Gasteiger partial charge >= 0.3 is 0 Å². The number of methoxy groups -OCH3 is 1. The van der Waals surface area contributed by atoms with E-state index in [4.69, 9.17) is 14.2 Å². The Kier molecular flexibility index (Phi) is 8.32. The lowest BCUT2D eigenvalue weighted by Crippen LogP contribution is -2.10. The van der Waals surface area contributed by atoms with E-state index in [1.807, 2.05) is 0 Å². The standard InChI is InChI=1S/C14H23NO6S/c1-12-13(11-22(16,17)19-3)15-6-5-14(12)21-8-4-7-20-10-9-18-2/h5-6H,4,7-11H2,1-3H3. The van der Waals surface area contributed by atoms with Crippen molar-refractivity contribution in [1.29, 1.82) is 0 Å². The molecule has 1 heterocycles. The van der Waals surface area contributed by atoms with Gasteiger partial charge in [0.15, 0.2) is 0 Å². The normalized spacial score (nSPS) is 11.6. The summed E-state index contributed by atoms with van der Waals surface area (Å²) in [6.45, 7) is 3.97. The van der Waals surface area contributed by atoms with E-state index in [-0.39, 0.29) is 5.75 Å². The lowest BCUT2D eigenvalue weighted by atomic mass is 10.2. The molecule has 0 radical (unpaired) electrons. The molecule has 0 spiro atoms. The van der Waals surface area contributed by atoms with Gasteiger partial charge in [-0.05, 0) is 13.0 Å². The van der Waals surface area contributed by atoms with Crippen molar-refractivity contribution in [3.8, 4) is 5.75 Å². The molecule has 0 aromatic carbocycles. The highest BCUT2D eigenvalue weighted by Crippen LogP contribution is 2.21. The predicted molar refractivity (Wildman–Crippen MR) is 81.4 cm³/mol. The van der Waals surface area contributed by atoms with Gasteiger partial charge in [0.25, 0.3) is 10.1 Å². The summed E-state index contributed by atoms with van der Waals surface area (Å²) in [5.41, 5.74) is 1.12. The topological polar surface area (TPSA) is 84.0 Å². The number of nitrogens with zero attached hydrogens (tertiary/aromatic N) is 1. The molecular weight excluding hydrogens is 310 g/mol. The lowest BCUT2D eigenvalue weighted by molar-refractivity contribution is 0.0644. The molecule has 0 aliphatic heterocycles. The Bertz CT molecular complexity index is 546. The van der Waals surface area contributed by atoms with E-state index >= 15 is 0 Å². The van der Waals surface area contributed by atoms with Crippen LogP contribution in [-0.2, 0) is 29.5 Å². The summed E-state index contributed by atoms with van der Waals surface area (Å²) in [5.74, 6) is 0.348. The first-order chi connectivity index (χ1) is 10.5. The molecule has 22 heavy (non-hydrogen) atoms. The second-order valence-electron chi connectivity index (χ2n) is 4.56. The molecular formula is C14H23NO6S. The molecule has 0 aliphatic carbocycles. The van der Waals surface area contributed by atoms with Crippen LogP contribution in [0.25, 0.3) is 0 Å². The molecule has 1 aromatic heterocycles. The maximum absolute atomic E-state index is 11.5. The molecule has 0 fully saturated rings. The molecule has 1 aromatic rings. The highest BCUT2D eigenvalue weighted by molar-refractivity contribution is 7.85. The van der Waals surface area contributed by atoms with E-state index in [0.717, 1.165) is 13.5 Å². The number of hydrogen-bond donors (Lipinski definition) is 0. The third kappa shape index (κ3) is 6.69. The van der Waals surface area contributed by atoms with Crippen molar-refractivity contribution in [2.75, 3.05) is 40.6 Å². The molecule has 0 N–H and O–H groups in total. The first kappa shape index (κ1) is 18.8. The Balaban J connectivity index is 2.48. The Morgan fingerprint density at radius 1 is 1.14 bits per heavy atom. The summed E-state index contributed by atoms with van der Waals surface area (Å²) >= 11 is 0. The van der Waals surface area contributed by atoms with Crippen LogP contribution >= 0.6 is 0 Å². The van der Waals surface area contributed by atoms with E-state index in [0.29, 0.717) is 43.4 Å². The van der Waals surface area contributed by atoms with Gasteiger partial charge in [-0.15, -0.1) is 0 Å². The van der Waals surface area contributed by atoms with Crippen LogP contribution in [0.5, 0.6) is 5.75 Å². The number of hydrogen-bond acceptors (Lipinski definition) is 7. The van der Waals surface area contributed by atoms with Crippen LogP contribution in [0.2, 0.25) is 0 Å². The fraction of sp³-hybridized carbons (Fsp3) is 0.643. The maximum atomic E-state index is 11.5. The van der Waals surface area contributed by atoms with Crippen LogP contribution in [0.3, 0.4) is 0 Å². The third-order valence-corrected chi connectivity index (χ3v) is 4.08. The van der Waals surface area contributed by atoms with E-state index in [2.05, 4.69) is 9.17 Å². The van der Waals surface area contributed by atoms with Crippen molar-refractivity contribution in [3.63, 3.8) is 0 Å². The Morgan fingerprint density at radius 3 is 2.59 bits per heavy atom. The smallest absolute Gasteiger partial charge is 0.272 e. The highest BCUT2D eigenvalue weighted by atomic mass is 32.2. The average molecular weight is 333 g/mol. The Labute approximate surface area is 131 Å². The van der Waals surface area contributed by atoms with E-state index in [1.165, 1.54) is 6.20 Å². The van der Waals surface area contributed by atoms with Gasteiger partial charge in [-0.25, -0.2) is 0 Å². The molecule has 0 atom stereocenters. The minimum Gasteiger partial charge on any atom is -0.493 e. The van der Waals surface area contributed by atoms with Crippen LogP contribution in [0.4, 0.5) is 0 Å². The summed E-state index contributed by atoms with van der Waals surface area (Å²) in [6.07, 6.45) is 2.26. The Morgan fingerprint density at radius 2 is 1.91 bits per heavy atom. The number of pyridine rings is 1. The minimum atomic E-state index is -3.60. The van der Waals surface area contributed by atoms with E-state index in [9.17, 15) is 8.42 Å². The summed E-state index contributed by atoms with van der Waals surface area (Å²) in [6, 6.07) is 1.71. The summed E-state index contributed by atoms with van der Waals surface area (Å²) in [4.78, 5) is 4.07. The largest absolute Gasteiger partial charge is 0.493 e. The molecule has 7 nitrogen and oxygen atoms in total. The SMILES string of the molecule is COCCOCCCOc1ccnc(CS(=O)(=O)OC)c1C. The molecule has 8 heteroatoms. The van der Waals surface area contributed by atoms with Gasteiger partial charge in [0.2, 0.25) is 0 Å². The van der Waals surface area contributed by atoms with Gasteiger partial charge in [0.05, 0.1) is 32.6 Å². The molecule has 1 rings (SSSR count). The quantitative estimate of drug-likeness (QED) is 0.446. The summed E-state index contributed by atoms with van der Waals surface area (Å²) < 4.78 is 43.3. The van der Waals surface area contributed by atoms with Gasteiger partial charge in [0, 0.05) is 31.9 Å². The Hall–Kier alpha value is -1.22. The first-order valence-corrected chi connectivity index (χ1v) is 8.50. The predicted octanol–water partition coefficient (Wildman–Crippen LogP) is 1.30. The van der Waals surface area contributed by atoms with Crippen LogP contribution < -0.4 is 4.74 Å². The van der Waals surface area contributed by atoms with E-state index in [1.54, 1.807) is 20.1 Å². The lowest BCUT2D eigenvalue weighted by Gasteiger charge is -2.12. The van der Waals surface area contributed by atoms with Crippen LogP contribution in [0, 0.1) is 6.92 Å². The third-order valence-electron chi connectivity index (χ3n) is 2.95. The van der Waals surface area contributed by atoms with Crippen molar-refractivity contribution >= 4 is 10.1 Å². The van der Waals surface area contributed by atoms with Gasteiger partial charge in [-0.2, -0.15) is 8.42 Å². The van der Waals surface area contributed by atoms with Crippen LogP contribution in [-0.4, -0.2) is 54.0 Å². The summed E-state index contributed by atoms with van der Waals surface area (Å²) in [7, 11) is -0.841. The van der Waals surface area contributed by atoms with Crippen molar-refractivity contribution in [1.82, 2.24) is 4.98 Å². The molecule has 0 aliphatic rings. The van der Waals surface area contributed by atoms with Crippen molar-refractivity contribution in [3.05, 3.63) is 23.5 Å². The van der Waals surface area contributed by atoms with Crippen molar-refractivity contribution < 1.29 is 26.8 Å². The van der Waals surface area contributed by atoms with E-state index < -0.39 is 10.1 Å². The number of ether oxygens (including phenoxy) is 3. The van der Waals surface area contributed by atoms with Crippen LogP contribution in [0.15, 0.2) is 12.3 Å². The molecule has 0 unspecified atom stereocenters. The zero-order valence-electron chi connectivity index (χ0n) is 13.2. The average Bonchev–Trinajstić information content (AvgIpc) is 2.49. The van der Waals surface area contributed by atoms with Gasteiger partial charge in [-0.1, -0.05) is 0 Å². The van der Waals surface area contributed by atoms with Crippen LogP contribution in [0.1, 0.15) is 17.7 Å². The highest BCUT2D eigenvalue weighted by Gasteiger charge is 2.15. The molecule has 0 saturated carbocycles. The molecule has 126 valence electrons. The zero-order chi connectivity index (χ0) is 16.4. The zero-order valence-corrected chi connectivity index (χ0v) is 14.0. The van der Waals surface area contributed by atoms with Crippen molar-refractivity contribution in [2.45, 2.75) is 19.1 Å². The van der Waals surface area contributed by atoms with Gasteiger partial charge in [0.1, 0.15) is 11.5 Å². The molecule has 0 saturated heterocycles. The second-order valence-corrected chi connectivity index (χ2v) is 6.29. The number of aromatic nitrogens is 1. The second kappa shape index (κ2) is 9.73. The molecule has 0 amide bonds. The first-order valence-electron chi connectivity index (χ1n) is 6.92. The van der Waals surface area contributed by atoms with Crippen molar-refractivity contribution in [2.24, 2.45) is 0 Å². The monoisotopic (exact) mass is 333 g/mol. The fourth-order valence-electron chi connectivity index (χ4n) is 1.67. The van der Waals surface area contributed by atoms with Gasteiger partial charge < -0.3 is 14.2 Å². The number of rotatable bonds is 11. The maximum Gasteiger partial charge on any atom is 0.272 e. The summed E-state index contributed by atoms with van der Waals surface area (Å²) in [5, 5.41) is 0.